The van der Waals surface area contributed by atoms with Gasteiger partial charge in [0.1, 0.15) is 0 Å². The van der Waals surface area contributed by atoms with Gasteiger partial charge in [0.15, 0.2) is 0 Å². The predicted octanol–water partition coefficient (Wildman–Crippen LogP) is 1.95. The molecular formula is C27H54N6O8. The zero-order valence-corrected chi connectivity index (χ0v) is 25.2. The number of hydroxylamine groups is 6. The van der Waals surface area contributed by atoms with Gasteiger partial charge in [0.05, 0.1) is 0 Å². The van der Waals surface area contributed by atoms with Crippen LogP contribution in [0.4, 0.5) is 0 Å². The van der Waals surface area contributed by atoms with Crippen molar-refractivity contribution in [1.29, 1.82) is 0 Å². The summed E-state index contributed by atoms with van der Waals surface area (Å²) in [6, 6.07) is 0. The summed E-state index contributed by atoms with van der Waals surface area (Å²) in [5.41, 5.74) is 5.36. The maximum absolute atomic E-state index is 11.7. The van der Waals surface area contributed by atoms with Crippen LogP contribution in [0.5, 0.6) is 0 Å². The molecule has 240 valence electrons. The molecule has 0 unspecified atom stereocenters. The summed E-state index contributed by atoms with van der Waals surface area (Å²) in [7, 11) is 0. The van der Waals surface area contributed by atoms with E-state index in [1.54, 1.807) is 0 Å². The van der Waals surface area contributed by atoms with Gasteiger partial charge >= 0.3 is 0 Å². The summed E-state index contributed by atoms with van der Waals surface area (Å²) in [6.07, 6.45) is 8.47. The molecule has 14 heteroatoms. The van der Waals surface area contributed by atoms with E-state index < -0.39 is 11.8 Å². The molecule has 0 aliphatic heterocycles. The molecule has 0 spiro atoms. The lowest BCUT2D eigenvalue weighted by molar-refractivity contribution is -0.166. The lowest BCUT2D eigenvalue weighted by Gasteiger charge is -2.14. The summed E-state index contributed by atoms with van der Waals surface area (Å²) in [6.45, 7) is 7.20. The van der Waals surface area contributed by atoms with Crippen LogP contribution in [0.1, 0.15) is 104 Å². The fourth-order valence-electron chi connectivity index (χ4n) is 3.36. The number of nitrogens with one attached hydrogen (secondary N) is 2. The summed E-state index contributed by atoms with van der Waals surface area (Å²) >= 11 is 0. The Morgan fingerprint density at radius 2 is 1.00 bits per heavy atom. The molecule has 0 saturated carbocycles. The van der Waals surface area contributed by atoms with Gasteiger partial charge in [-0.05, 0) is 64.3 Å². The molecule has 0 aromatic rings. The molecule has 5 amide bonds. The largest absolute Gasteiger partial charge is 0.356 e. The molecule has 0 atom stereocenters. The Labute approximate surface area is 244 Å². The lowest BCUT2D eigenvalue weighted by atomic mass is 10.2. The van der Waals surface area contributed by atoms with Crippen LogP contribution in [-0.4, -0.2) is 99.6 Å². The Balaban J connectivity index is 0. The molecule has 0 radical (unpaired) electrons. The molecule has 0 aromatic heterocycles. The minimum atomic E-state index is -0.463. The van der Waals surface area contributed by atoms with E-state index in [0.717, 1.165) is 56.4 Å². The highest BCUT2D eigenvalue weighted by Crippen LogP contribution is 2.01. The van der Waals surface area contributed by atoms with E-state index in [1.807, 2.05) is 6.92 Å². The molecular weight excluding hydrogens is 536 g/mol. The third kappa shape index (κ3) is 27.1. The third-order valence-electron chi connectivity index (χ3n) is 5.87. The highest BCUT2D eigenvalue weighted by atomic mass is 16.5. The molecule has 0 bridgehead atoms. The second kappa shape index (κ2) is 27.4. The standard InChI is InChI=1S/C16H32N4O5.C11H22N2O3/c1-14(21)19(24)12-7-3-5-11-18-15(22)8-9-16(23)20(25)13-6-2-4-10-17;1-3-7-11(15)12-8-5-4-6-9-13(16)10(2)14/h24-25H,2-13,17H2,1H3,(H,18,22);16H,3-9H2,1-2H3,(H,12,15). The van der Waals surface area contributed by atoms with Crippen molar-refractivity contribution in [3.05, 3.63) is 0 Å². The monoisotopic (exact) mass is 590 g/mol. The van der Waals surface area contributed by atoms with Crippen molar-refractivity contribution >= 4 is 29.5 Å². The normalized spacial score (nSPS) is 10.2. The SMILES string of the molecule is CC(=O)N(O)CCCCCNC(=O)CCC(=O)N(O)CCCCCN.CCCC(=O)NCCCCCN(O)C(C)=O. The van der Waals surface area contributed by atoms with Gasteiger partial charge < -0.3 is 16.4 Å². The van der Waals surface area contributed by atoms with Gasteiger partial charge in [-0.3, -0.25) is 39.6 Å². The van der Waals surface area contributed by atoms with Gasteiger partial charge in [-0.1, -0.05) is 13.3 Å². The highest BCUT2D eigenvalue weighted by molar-refractivity contribution is 5.83. The molecule has 14 nitrogen and oxygen atoms in total. The van der Waals surface area contributed by atoms with Crippen molar-refractivity contribution in [2.75, 3.05) is 39.3 Å². The van der Waals surface area contributed by atoms with E-state index >= 15 is 0 Å². The number of carbonyl (C=O) groups is 5. The average molecular weight is 591 g/mol. The van der Waals surface area contributed by atoms with Crippen molar-refractivity contribution in [2.24, 2.45) is 5.73 Å². The van der Waals surface area contributed by atoms with Crippen molar-refractivity contribution < 1.29 is 39.6 Å². The molecule has 0 saturated heterocycles. The quantitative estimate of drug-likeness (QED) is 0.0618. The maximum Gasteiger partial charge on any atom is 0.246 e. The van der Waals surface area contributed by atoms with Gasteiger partial charge in [-0.15, -0.1) is 0 Å². The Bertz CT molecular complexity index is 741. The number of hydrogen-bond acceptors (Lipinski definition) is 9. The Morgan fingerprint density at radius 1 is 0.585 bits per heavy atom. The minimum Gasteiger partial charge on any atom is -0.356 e. The van der Waals surface area contributed by atoms with Crippen molar-refractivity contribution in [2.45, 2.75) is 104 Å². The number of rotatable bonds is 22. The molecule has 0 rings (SSSR count). The minimum absolute atomic E-state index is 0.0305. The van der Waals surface area contributed by atoms with Crippen LogP contribution in [0.25, 0.3) is 0 Å². The van der Waals surface area contributed by atoms with Crippen LogP contribution in [0.2, 0.25) is 0 Å². The smallest absolute Gasteiger partial charge is 0.246 e. The topological polar surface area (TPSA) is 206 Å². The maximum atomic E-state index is 11.7. The first-order valence-corrected chi connectivity index (χ1v) is 14.6. The van der Waals surface area contributed by atoms with Crippen LogP contribution >= 0.6 is 0 Å². The highest BCUT2D eigenvalue weighted by Gasteiger charge is 2.12. The molecule has 0 aliphatic carbocycles. The number of carbonyl (C=O) groups excluding carboxylic acids is 5. The van der Waals surface area contributed by atoms with E-state index in [0.29, 0.717) is 55.6 Å². The van der Waals surface area contributed by atoms with E-state index in [2.05, 4.69) is 10.6 Å². The van der Waals surface area contributed by atoms with Crippen molar-refractivity contribution in [3.8, 4) is 0 Å². The summed E-state index contributed by atoms with van der Waals surface area (Å²) in [5.74, 6) is -1.34. The number of nitrogens with two attached hydrogens (primary N) is 1. The average Bonchev–Trinajstić information content (AvgIpc) is 2.93. The third-order valence-corrected chi connectivity index (χ3v) is 5.87. The van der Waals surface area contributed by atoms with E-state index in [4.69, 9.17) is 10.9 Å². The zero-order chi connectivity index (χ0) is 31.5. The first-order chi connectivity index (χ1) is 19.5. The number of hydrogen-bond donors (Lipinski definition) is 6. The first-order valence-electron chi connectivity index (χ1n) is 14.6. The summed E-state index contributed by atoms with van der Waals surface area (Å²) in [5, 5.41) is 35.3. The summed E-state index contributed by atoms with van der Waals surface area (Å²) < 4.78 is 0. The van der Waals surface area contributed by atoms with Gasteiger partial charge in [0.25, 0.3) is 0 Å². The molecule has 7 N–H and O–H groups in total. The first kappa shape index (κ1) is 40.3. The van der Waals surface area contributed by atoms with Gasteiger partial charge in [0.2, 0.25) is 29.5 Å². The number of nitrogens with zero attached hydrogens (tertiary/aromatic N) is 3. The molecule has 0 heterocycles. The van der Waals surface area contributed by atoms with Crippen LogP contribution in [-0.2, 0) is 24.0 Å². The van der Waals surface area contributed by atoms with Crippen molar-refractivity contribution in [1.82, 2.24) is 25.8 Å². The molecule has 0 aromatic carbocycles. The fourth-order valence-corrected chi connectivity index (χ4v) is 3.36. The molecule has 0 fully saturated rings. The van der Waals surface area contributed by atoms with E-state index in [-0.39, 0.29) is 43.7 Å². The van der Waals surface area contributed by atoms with Crippen LogP contribution in [0.15, 0.2) is 0 Å². The van der Waals surface area contributed by atoms with Crippen LogP contribution in [0, 0.1) is 0 Å². The Morgan fingerprint density at radius 3 is 1.41 bits per heavy atom. The van der Waals surface area contributed by atoms with Crippen LogP contribution in [0.3, 0.4) is 0 Å². The van der Waals surface area contributed by atoms with E-state index in [9.17, 15) is 34.4 Å². The second-order valence-corrected chi connectivity index (χ2v) is 9.72. The Kier molecular flexibility index (Phi) is 26.9. The number of unbranched alkanes of at least 4 members (excludes halogenated alkanes) is 6. The fraction of sp³-hybridized carbons (Fsp3) is 0.815. The van der Waals surface area contributed by atoms with Gasteiger partial charge in [-0.25, -0.2) is 15.2 Å². The predicted molar refractivity (Wildman–Crippen MR) is 153 cm³/mol. The van der Waals surface area contributed by atoms with Crippen LogP contribution < -0.4 is 16.4 Å². The molecule has 41 heavy (non-hydrogen) atoms. The second-order valence-electron chi connectivity index (χ2n) is 9.72. The van der Waals surface area contributed by atoms with E-state index in [1.165, 1.54) is 13.8 Å². The summed E-state index contributed by atoms with van der Waals surface area (Å²) in [4.78, 5) is 55.8. The van der Waals surface area contributed by atoms with Gasteiger partial charge in [-0.2, -0.15) is 0 Å². The molecule has 0 aliphatic rings. The Hall–Kier alpha value is -2.81. The lowest BCUT2D eigenvalue weighted by Crippen LogP contribution is -2.31. The number of amides is 5. The zero-order valence-electron chi connectivity index (χ0n) is 25.2. The van der Waals surface area contributed by atoms with Crippen molar-refractivity contribution in [3.63, 3.8) is 0 Å². The van der Waals surface area contributed by atoms with Gasteiger partial charge in [0, 0.05) is 65.8 Å².